The molecule has 0 spiro atoms. The molecule has 3 atom stereocenters. The highest BCUT2D eigenvalue weighted by atomic mass is 28.4. The predicted molar refractivity (Wildman–Crippen MR) is 110 cm³/mol. The number of hydrogen-bond acceptors (Lipinski definition) is 5. The summed E-state index contributed by atoms with van der Waals surface area (Å²) in [6.07, 6.45) is -0.616. The number of carbonyl (C=O) groups excluding carboxylic acids is 1. The van der Waals surface area contributed by atoms with Crippen LogP contribution in [0.15, 0.2) is 30.3 Å². The van der Waals surface area contributed by atoms with Crippen LogP contribution in [0.3, 0.4) is 0 Å². The second-order valence-electron chi connectivity index (χ2n) is 9.92. The molecular weight excluding hydrogens is 372 g/mol. The molecule has 0 aliphatic carbocycles. The van der Waals surface area contributed by atoms with Gasteiger partial charge in [-0.3, -0.25) is 4.79 Å². The van der Waals surface area contributed by atoms with Crippen LogP contribution in [0, 0.1) is 0 Å². The summed E-state index contributed by atoms with van der Waals surface area (Å²) in [5.74, 6) is 0.0573. The molecule has 0 bridgehead atoms. The average molecular weight is 407 g/mol. The maximum Gasteiger partial charge on any atom is 0.349 e. The molecule has 5 nitrogen and oxygen atoms in total. The van der Waals surface area contributed by atoms with Crippen LogP contribution in [0.1, 0.15) is 53.5 Å². The molecule has 2 aliphatic rings. The highest BCUT2D eigenvalue weighted by Crippen LogP contribution is 2.54. The van der Waals surface area contributed by atoms with E-state index >= 15 is 0 Å². The van der Waals surface area contributed by atoms with E-state index in [2.05, 4.69) is 41.5 Å². The number of benzene rings is 1. The highest BCUT2D eigenvalue weighted by molar-refractivity contribution is 6.73. The van der Waals surface area contributed by atoms with Crippen LogP contribution >= 0.6 is 0 Å². The molecular formula is C22H34O5Si. The van der Waals surface area contributed by atoms with Gasteiger partial charge in [0, 0.05) is 16.5 Å². The van der Waals surface area contributed by atoms with E-state index in [1.54, 1.807) is 0 Å². The molecule has 156 valence electrons. The monoisotopic (exact) mass is 406 g/mol. The smallest absolute Gasteiger partial charge is 0.349 e. The zero-order chi connectivity index (χ0) is 20.6. The van der Waals surface area contributed by atoms with Crippen molar-refractivity contribution in [1.29, 1.82) is 0 Å². The van der Waals surface area contributed by atoms with Crippen LogP contribution in [-0.4, -0.2) is 45.9 Å². The standard InChI is InChI=1S/C22H34O5Si/c1-21(2,3)28(22(4,5)6)25-15-20-18(27-28)12-17(23)19(26-20)14-24-13-16-10-8-7-9-11-16/h7-11,18-20H,12-15H2,1-6H3/t18-,19+,20+/m0/s1. The Morgan fingerprint density at radius 2 is 1.68 bits per heavy atom. The molecule has 0 saturated carbocycles. The quantitative estimate of drug-likeness (QED) is 0.694. The molecule has 0 radical (unpaired) electrons. The van der Waals surface area contributed by atoms with Gasteiger partial charge in [0.1, 0.15) is 12.2 Å². The summed E-state index contributed by atoms with van der Waals surface area (Å²) in [4.78, 5) is 12.7. The van der Waals surface area contributed by atoms with Gasteiger partial charge in [0.05, 0.1) is 25.9 Å². The number of ketones is 1. The second kappa shape index (κ2) is 7.99. The van der Waals surface area contributed by atoms with Crippen molar-refractivity contribution in [3.8, 4) is 0 Å². The average Bonchev–Trinajstić information content (AvgIpc) is 2.60. The number of carbonyl (C=O) groups is 1. The Hall–Kier alpha value is -1.05. The van der Waals surface area contributed by atoms with E-state index in [0.29, 0.717) is 19.6 Å². The molecule has 28 heavy (non-hydrogen) atoms. The molecule has 2 fully saturated rings. The van der Waals surface area contributed by atoms with Crippen molar-refractivity contribution in [2.45, 2.75) is 83.0 Å². The summed E-state index contributed by atoms with van der Waals surface area (Å²) in [5, 5.41) is -0.205. The first-order valence-electron chi connectivity index (χ1n) is 10.2. The normalized spacial score (nSPS) is 28.1. The third kappa shape index (κ3) is 4.26. The van der Waals surface area contributed by atoms with Crippen molar-refractivity contribution in [3.63, 3.8) is 0 Å². The number of Topliss-reactive ketones (excluding diaryl/α,β-unsaturated/α-hetero) is 1. The minimum Gasteiger partial charge on any atom is -0.391 e. The lowest BCUT2D eigenvalue weighted by atomic mass is 10.0. The summed E-state index contributed by atoms with van der Waals surface area (Å²) < 4.78 is 24.9. The fourth-order valence-corrected chi connectivity index (χ4v) is 9.40. The Kier molecular flexibility index (Phi) is 6.18. The maximum atomic E-state index is 12.7. The van der Waals surface area contributed by atoms with Gasteiger partial charge >= 0.3 is 8.56 Å². The third-order valence-corrected chi connectivity index (χ3v) is 10.8. The van der Waals surface area contributed by atoms with Gasteiger partial charge in [-0.1, -0.05) is 71.9 Å². The van der Waals surface area contributed by atoms with Crippen molar-refractivity contribution in [1.82, 2.24) is 0 Å². The van der Waals surface area contributed by atoms with Crippen molar-refractivity contribution in [3.05, 3.63) is 35.9 Å². The minimum absolute atomic E-state index is 0.0573. The van der Waals surface area contributed by atoms with Gasteiger partial charge in [-0.15, -0.1) is 0 Å². The van der Waals surface area contributed by atoms with E-state index in [1.807, 2.05) is 30.3 Å². The van der Waals surface area contributed by atoms with Crippen LogP contribution in [0.25, 0.3) is 0 Å². The van der Waals surface area contributed by atoms with E-state index in [4.69, 9.17) is 18.3 Å². The Morgan fingerprint density at radius 1 is 1.04 bits per heavy atom. The van der Waals surface area contributed by atoms with Crippen LogP contribution in [0.2, 0.25) is 10.1 Å². The predicted octanol–water partition coefficient (Wildman–Crippen LogP) is 4.39. The van der Waals surface area contributed by atoms with E-state index in [1.165, 1.54) is 0 Å². The van der Waals surface area contributed by atoms with E-state index < -0.39 is 14.7 Å². The summed E-state index contributed by atoms with van der Waals surface area (Å²) in [6.45, 7) is 14.3. The molecule has 6 heteroatoms. The molecule has 0 N–H and O–H groups in total. The summed E-state index contributed by atoms with van der Waals surface area (Å²) in [5.41, 5.74) is 1.08. The fraction of sp³-hybridized carbons (Fsp3) is 0.682. The third-order valence-electron chi connectivity index (χ3n) is 5.64. The van der Waals surface area contributed by atoms with Gasteiger partial charge in [0.25, 0.3) is 0 Å². The molecule has 0 aromatic heterocycles. The van der Waals surface area contributed by atoms with Crippen LogP contribution < -0.4 is 0 Å². The van der Waals surface area contributed by atoms with E-state index in [9.17, 15) is 4.79 Å². The summed E-state index contributed by atoms with van der Waals surface area (Å²) in [6, 6.07) is 9.93. The van der Waals surface area contributed by atoms with Gasteiger partial charge in [0.15, 0.2) is 5.78 Å². The van der Waals surface area contributed by atoms with Gasteiger partial charge in [-0.25, -0.2) is 0 Å². The lowest BCUT2D eigenvalue weighted by molar-refractivity contribution is -0.183. The molecule has 1 aromatic rings. The molecule has 3 rings (SSSR count). The van der Waals surface area contributed by atoms with E-state index in [0.717, 1.165) is 5.56 Å². The molecule has 0 amide bonds. The molecule has 1 aromatic carbocycles. The van der Waals surface area contributed by atoms with Gasteiger partial charge in [0.2, 0.25) is 0 Å². The summed E-state index contributed by atoms with van der Waals surface area (Å²) in [7, 11) is -2.58. The lowest BCUT2D eigenvalue weighted by Gasteiger charge is -2.55. The maximum absolute atomic E-state index is 12.7. The largest absolute Gasteiger partial charge is 0.391 e. The molecule has 0 unspecified atom stereocenters. The number of hydrogen-bond donors (Lipinski definition) is 0. The lowest BCUT2D eigenvalue weighted by Crippen LogP contribution is -2.67. The summed E-state index contributed by atoms with van der Waals surface area (Å²) >= 11 is 0. The number of ether oxygens (including phenoxy) is 2. The Balaban J connectivity index is 1.62. The van der Waals surface area contributed by atoms with Crippen LogP contribution in [0.4, 0.5) is 0 Å². The second-order valence-corrected chi connectivity index (χ2v) is 14.7. The zero-order valence-electron chi connectivity index (χ0n) is 18.0. The molecule has 2 aliphatic heterocycles. The topological polar surface area (TPSA) is 54.0 Å². The van der Waals surface area contributed by atoms with Gasteiger partial charge in [-0.2, -0.15) is 0 Å². The molecule has 2 heterocycles. The van der Waals surface area contributed by atoms with Crippen molar-refractivity contribution in [2.75, 3.05) is 13.2 Å². The van der Waals surface area contributed by atoms with Gasteiger partial charge < -0.3 is 18.3 Å². The van der Waals surface area contributed by atoms with Crippen molar-refractivity contribution >= 4 is 14.3 Å². The minimum atomic E-state index is -2.58. The van der Waals surface area contributed by atoms with Crippen molar-refractivity contribution in [2.24, 2.45) is 0 Å². The number of fused-ring (bicyclic) bond motifs is 1. The molecule has 2 saturated heterocycles. The Labute approximate surface area is 170 Å². The zero-order valence-corrected chi connectivity index (χ0v) is 19.0. The Bertz CT molecular complexity index is 662. The van der Waals surface area contributed by atoms with Crippen molar-refractivity contribution < 1.29 is 23.1 Å². The highest BCUT2D eigenvalue weighted by Gasteiger charge is 2.62. The van der Waals surface area contributed by atoms with E-state index in [-0.39, 0.29) is 34.7 Å². The first-order valence-corrected chi connectivity index (χ1v) is 12.0. The SMILES string of the molecule is CC(C)(C)[Si]1(C(C)(C)C)OC[C@H]2O[C@H](COCc3ccccc3)C(=O)C[C@@H]2O1. The fourth-order valence-electron chi connectivity index (χ4n) is 4.45. The van der Waals surface area contributed by atoms with Gasteiger partial charge in [-0.05, 0) is 5.56 Å². The first kappa shape index (κ1) is 21.7. The number of rotatable bonds is 4. The van der Waals surface area contributed by atoms with Crippen LogP contribution in [-0.2, 0) is 29.7 Å². The Morgan fingerprint density at radius 3 is 2.29 bits per heavy atom. The van der Waals surface area contributed by atoms with Crippen LogP contribution in [0.5, 0.6) is 0 Å². The first-order chi connectivity index (χ1) is 13.0.